The molecule has 0 N–H and O–H groups in total. The van der Waals surface area contributed by atoms with E-state index in [0.717, 1.165) is 52.4 Å². The molecule has 1 rings (SSSR count). The highest BCUT2D eigenvalue weighted by molar-refractivity contribution is 4.79. The molecular weight excluding hydrogens is 250 g/mol. The fourth-order valence-corrected chi connectivity index (χ4v) is 3.14. The predicted octanol–water partition coefficient (Wildman–Crippen LogP) is 2.22. The topological polar surface area (TPSA) is 39.5 Å². The molecule has 0 amide bonds. The number of hydrogen-bond donors (Lipinski definition) is 0. The summed E-state index contributed by atoms with van der Waals surface area (Å²) in [6, 6.07) is 2.24. The van der Waals surface area contributed by atoms with Gasteiger partial charge >= 0.3 is 0 Å². The molecule has 4 heteroatoms. The lowest BCUT2D eigenvalue weighted by molar-refractivity contribution is 0.0158. The van der Waals surface area contributed by atoms with Gasteiger partial charge in [0.1, 0.15) is 0 Å². The van der Waals surface area contributed by atoms with Crippen molar-refractivity contribution in [3.63, 3.8) is 0 Å². The van der Waals surface area contributed by atoms with E-state index in [1.165, 1.54) is 0 Å². The Hall–Kier alpha value is -0.630. The Kier molecular flexibility index (Phi) is 7.50. The second-order valence-electron chi connectivity index (χ2n) is 7.05. The molecule has 0 aromatic carbocycles. The van der Waals surface area contributed by atoms with Gasteiger partial charge in [-0.25, -0.2) is 0 Å². The number of hydrogen-bond acceptors (Lipinski definition) is 4. The van der Waals surface area contributed by atoms with E-state index in [-0.39, 0.29) is 0 Å². The van der Waals surface area contributed by atoms with Gasteiger partial charge in [0, 0.05) is 39.1 Å². The molecule has 0 aromatic rings. The number of morpholine rings is 1. The summed E-state index contributed by atoms with van der Waals surface area (Å²) in [5.74, 6) is 0.596. The molecule has 0 aliphatic carbocycles. The number of nitrogens with zero attached hydrogens (tertiary/aromatic N) is 3. The third kappa shape index (κ3) is 7.23. The Labute approximate surface area is 124 Å². The quantitative estimate of drug-likeness (QED) is 0.684. The molecule has 1 aliphatic heterocycles. The molecule has 1 saturated heterocycles. The third-order valence-corrected chi connectivity index (χ3v) is 3.83. The molecule has 1 atom stereocenters. The minimum absolute atomic E-state index is 0.293. The molecule has 0 bridgehead atoms. The van der Waals surface area contributed by atoms with Gasteiger partial charge in [-0.15, -0.1) is 0 Å². The average molecular weight is 281 g/mol. The van der Waals surface area contributed by atoms with E-state index in [0.29, 0.717) is 17.8 Å². The minimum Gasteiger partial charge on any atom is -0.379 e. The lowest BCUT2D eigenvalue weighted by atomic mass is 9.91. The van der Waals surface area contributed by atoms with Crippen LogP contribution in [-0.2, 0) is 4.74 Å². The summed E-state index contributed by atoms with van der Waals surface area (Å²) in [4.78, 5) is 4.93. The van der Waals surface area contributed by atoms with E-state index in [4.69, 9.17) is 10.00 Å². The lowest BCUT2D eigenvalue weighted by Gasteiger charge is -2.37. The first kappa shape index (κ1) is 17.4. The Morgan fingerprint density at radius 1 is 1.35 bits per heavy atom. The van der Waals surface area contributed by atoms with Crippen LogP contribution < -0.4 is 0 Å². The molecule has 116 valence electrons. The molecule has 1 unspecified atom stereocenters. The van der Waals surface area contributed by atoms with Gasteiger partial charge < -0.3 is 9.64 Å². The third-order valence-electron chi connectivity index (χ3n) is 3.83. The van der Waals surface area contributed by atoms with Gasteiger partial charge in [-0.05, 0) is 24.8 Å². The van der Waals surface area contributed by atoms with Crippen LogP contribution in [0.1, 0.15) is 33.6 Å². The monoisotopic (exact) mass is 281 g/mol. The van der Waals surface area contributed by atoms with Crippen LogP contribution in [-0.4, -0.2) is 62.8 Å². The number of ether oxygens (including phenoxy) is 1. The van der Waals surface area contributed by atoms with Crippen molar-refractivity contribution in [3.8, 4) is 6.07 Å². The SMILES string of the molecule is CC(CCC#N)CN(C)CC(C)(C)CN1CCOCC1. The van der Waals surface area contributed by atoms with Crippen LogP contribution in [0.25, 0.3) is 0 Å². The standard InChI is InChI=1S/C16H31N3O/c1-15(6-5-7-17)12-18(4)13-16(2,3)14-19-8-10-20-11-9-19/h15H,5-6,8-14H2,1-4H3. The first-order valence-electron chi connectivity index (χ1n) is 7.78. The number of rotatable bonds is 8. The molecule has 0 aromatic heterocycles. The van der Waals surface area contributed by atoms with Crippen LogP contribution in [0.15, 0.2) is 0 Å². The number of nitriles is 1. The summed E-state index contributed by atoms with van der Waals surface area (Å²) in [5, 5.41) is 8.64. The normalized spacial score (nSPS) is 19.0. The van der Waals surface area contributed by atoms with Gasteiger partial charge in [-0.2, -0.15) is 5.26 Å². The maximum Gasteiger partial charge on any atom is 0.0621 e. The van der Waals surface area contributed by atoms with Crippen molar-refractivity contribution in [2.75, 3.05) is 53.0 Å². The summed E-state index contributed by atoms with van der Waals surface area (Å²) in [6.07, 6.45) is 1.68. The van der Waals surface area contributed by atoms with Gasteiger partial charge in [0.05, 0.1) is 19.3 Å². The van der Waals surface area contributed by atoms with Crippen molar-refractivity contribution in [1.29, 1.82) is 5.26 Å². The summed E-state index contributed by atoms with van der Waals surface area (Å²) in [5.41, 5.74) is 0.293. The van der Waals surface area contributed by atoms with E-state index < -0.39 is 0 Å². The zero-order chi connectivity index (χ0) is 15.0. The van der Waals surface area contributed by atoms with E-state index >= 15 is 0 Å². The van der Waals surface area contributed by atoms with E-state index in [1.54, 1.807) is 0 Å². The van der Waals surface area contributed by atoms with Crippen molar-refractivity contribution in [2.45, 2.75) is 33.6 Å². The van der Waals surface area contributed by atoms with Crippen molar-refractivity contribution >= 4 is 0 Å². The van der Waals surface area contributed by atoms with Gasteiger partial charge in [0.25, 0.3) is 0 Å². The van der Waals surface area contributed by atoms with Crippen LogP contribution in [0.4, 0.5) is 0 Å². The molecule has 0 saturated carbocycles. The second-order valence-corrected chi connectivity index (χ2v) is 7.05. The Bertz CT molecular complexity index is 305. The van der Waals surface area contributed by atoms with E-state index in [1.807, 2.05) is 0 Å². The summed E-state index contributed by atoms with van der Waals surface area (Å²) < 4.78 is 5.41. The molecule has 0 spiro atoms. The highest BCUT2D eigenvalue weighted by atomic mass is 16.5. The van der Waals surface area contributed by atoms with Crippen LogP contribution in [0, 0.1) is 22.7 Å². The average Bonchev–Trinajstić information content (AvgIpc) is 2.35. The molecule has 1 heterocycles. The summed E-state index contributed by atoms with van der Waals surface area (Å²) in [6.45, 7) is 14.1. The largest absolute Gasteiger partial charge is 0.379 e. The Morgan fingerprint density at radius 3 is 2.60 bits per heavy atom. The molecule has 0 radical (unpaired) electrons. The molecule has 20 heavy (non-hydrogen) atoms. The first-order valence-corrected chi connectivity index (χ1v) is 7.78. The predicted molar refractivity (Wildman–Crippen MR) is 82.5 cm³/mol. The van der Waals surface area contributed by atoms with Gasteiger partial charge in [-0.1, -0.05) is 20.8 Å². The van der Waals surface area contributed by atoms with Crippen molar-refractivity contribution < 1.29 is 4.74 Å². The Morgan fingerprint density at radius 2 is 2.00 bits per heavy atom. The van der Waals surface area contributed by atoms with Gasteiger partial charge in [0.15, 0.2) is 0 Å². The van der Waals surface area contributed by atoms with Crippen LogP contribution in [0.3, 0.4) is 0 Å². The van der Waals surface area contributed by atoms with Crippen LogP contribution in [0.2, 0.25) is 0 Å². The van der Waals surface area contributed by atoms with Gasteiger partial charge in [-0.3, -0.25) is 4.90 Å². The smallest absolute Gasteiger partial charge is 0.0621 e. The summed E-state index contributed by atoms with van der Waals surface area (Å²) in [7, 11) is 2.20. The van der Waals surface area contributed by atoms with Crippen molar-refractivity contribution in [1.82, 2.24) is 9.80 Å². The van der Waals surface area contributed by atoms with Crippen LogP contribution in [0.5, 0.6) is 0 Å². The maximum absolute atomic E-state index is 8.64. The molecule has 1 fully saturated rings. The maximum atomic E-state index is 8.64. The summed E-state index contributed by atoms with van der Waals surface area (Å²) >= 11 is 0. The van der Waals surface area contributed by atoms with Gasteiger partial charge in [0.2, 0.25) is 0 Å². The second kappa shape index (κ2) is 8.61. The lowest BCUT2D eigenvalue weighted by Crippen LogP contribution is -2.46. The fraction of sp³-hybridized carbons (Fsp3) is 0.938. The van der Waals surface area contributed by atoms with Crippen LogP contribution >= 0.6 is 0 Å². The highest BCUT2D eigenvalue weighted by Gasteiger charge is 2.25. The molecule has 4 nitrogen and oxygen atoms in total. The van der Waals surface area contributed by atoms with E-state index in [2.05, 4.69) is 43.7 Å². The fourth-order valence-electron chi connectivity index (χ4n) is 3.14. The van der Waals surface area contributed by atoms with Crippen molar-refractivity contribution in [3.05, 3.63) is 0 Å². The molecular formula is C16H31N3O. The van der Waals surface area contributed by atoms with E-state index in [9.17, 15) is 0 Å². The minimum atomic E-state index is 0.293. The first-order chi connectivity index (χ1) is 9.43. The zero-order valence-electron chi connectivity index (χ0n) is 13.7. The van der Waals surface area contributed by atoms with Crippen molar-refractivity contribution in [2.24, 2.45) is 11.3 Å². The highest BCUT2D eigenvalue weighted by Crippen LogP contribution is 2.20. The zero-order valence-corrected chi connectivity index (χ0v) is 13.7. The molecule has 1 aliphatic rings. The Balaban J connectivity index is 2.30.